The second-order valence-electron chi connectivity index (χ2n) is 4.66. The average molecular weight is 311 g/mol. The van der Waals surface area contributed by atoms with Gasteiger partial charge in [-0.15, -0.1) is 11.8 Å². The third kappa shape index (κ3) is 4.54. The van der Waals surface area contributed by atoms with E-state index in [2.05, 4.69) is 10.1 Å². The van der Waals surface area contributed by atoms with E-state index in [4.69, 9.17) is 9.47 Å². The van der Waals surface area contributed by atoms with Gasteiger partial charge in [-0.05, 0) is 36.9 Å². The van der Waals surface area contributed by atoms with Crippen LogP contribution < -0.4 is 14.8 Å². The Balaban J connectivity index is 1.88. The highest BCUT2D eigenvalue weighted by atomic mass is 32.2. The molecule has 21 heavy (non-hydrogen) atoms. The van der Waals surface area contributed by atoms with E-state index >= 15 is 0 Å². The minimum Gasteiger partial charge on any atom is -0.486 e. The Morgan fingerprint density at radius 1 is 1.33 bits per heavy atom. The van der Waals surface area contributed by atoms with Crippen LogP contribution in [0.5, 0.6) is 11.5 Å². The Morgan fingerprint density at radius 3 is 2.71 bits per heavy atom. The van der Waals surface area contributed by atoms with E-state index in [1.54, 1.807) is 11.8 Å². The second kappa shape index (κ2) is 8.14. The van der Waals surface area contributed by atoms with Gasteiger partial charge >= 0.3 is 5.97 Å². The topological polar surface area (TPSA) is 56.8 Å². The van der Waals surface area contributed by atoms with Gasteiger partial charge in [0.2, 0.25) is 0 Å². The molecule has 1 aromatic carbocycles. The van der Waals surface area contributed by atoms with Crippen molar-refractivity contribution in [3.8, 4) is 11.5 Å². The predicted octanol–water partition coefficient (Wildman–Crippen LogP) is 2.22. The van der Waals surface area contributed by atoms with Crippen molar-refractivity contribution in [1.82, 2.24) is 5.32 Å². The second-order valence-corrected chi connectivity index (χ2v) is 5.51. The summed E-state index contributed by atoms with van der Waals surface area (Å²) in [7, 11) is 1.41. The summed E-state index contributed by atoms with van der Waals surface area (Å²) in [4.78, 5) is 12.2. The zero-order valence-electron chi connectivity index (χ0n) is 12.4. The lowest BCUT2D eigenvalue weighted by molar-refractivity contribution is -0.140. The molecule has 0 atom stereocenters. The Labute approximate surface area is 129 Å². The summed E-state index contributed by atoms with van der Waals surface area (Å²) in [5.74, 6) is 1.46. The highest BCUT2D eigenvalue weighted by molar-refractivity contribution is 7.98. The van der Waals surface area contributed by atoms with Crippen molar-refractivity contribution >= 4 is 17.7 Å². The monoisotopic (exact) mass is 311 g/mol. The molecule has 1 aliphatic heterocycles. The number of rotatable bonds is 7. The molecule has 0 bridgehead atoms. The Bertz CT molecular complexity index is 493. The number of hydrogen-bond donors (Lipinski definition) is 1. The molecule has 2 rings (SSSR count). The van der Waals surface area contributed by atoms with Gasteiger partial charge in [-0.1, -0.05) is 0 Å². The van der Waals surface area contributed by atoms with Gasteiger partial charge in [0, 0.05) is 17.9 Å². The van der Waals surface area contributed by atoms with Crippen LogP contribution in [-0.2, 0) is 16.1 Å². The zero-order chi connectivity index (χ0) is 15.1. The normalized spacial score (nSPS) is 13.0. The van der Waals surface area contributed by atoms with Gasteiger partial charge in [-0.2, -0.15) is 0 Å². The van der Waals surface area contributed by atoms with Crippen LogP contribution in [-0.4, -0.2) is 39.1 Å². The molecule has 0 aliphatic carbocycles. The van der Waals surface area contributed by atoms with E-state index < -0.39 is 0 Å². The first-order valence-corrected chi connectivity index (χ1v) is 8.21. The molecule has 0 unspecified atom stereocenters. The Hall–Kier alpha value is -1.40. The summed E-state index contributed by atoms with van der Waals surface area (Å²) >= 11 is 1.69. The summed E-state index contributed by atoms with van der Waals surface area (Å²) in [5, 5.41) is 3.35. The van der Waals surface area contributed by atoms with Crippen LogP contribution in [0.4, 0.5) is 0 Å². The van der Waals surface area contributed by atoms with Gasteiger partial charge in [-0.25, -0.2) is 0 Å². The highest BCUT2D eigenvalue weighted by Crippen LogP contribution is 2.36. The molecule has 1 heterocycles. The maximum absolute atomic E-state index is 11.0. The van der Waals surface area contributed by atoms with E-state index in [9.17, 15) is 4.79 Å². The van der Waals surface area contributed by atoms with Crippen molar-refractivity contribution in [3.05, 3.63) is 17.7 Å². The fourth-order valence-corrected chi connectivity index (χ4v) is 2.74. The molecular weight excluding hydrogens is 290 g/mol. The van der Waals surface area contributed by atoms with Gasteiger partial charge in [-0.3, -0.25) is 4.79 Å². The van der Waals surface area contributed by atoms with Gasteiger partial charge in [0.15, 0.2) is 11.5 Å². The molecule has 1 aromatic rings. The lowest BCUT2D eigenvalue weighted by Crippen LogP contribution is -2.18. The van der Waals surface area contributed by atoms with Crippen molar-refractivity contribution in [1.29, 1.82) is 0 Å². The fourth-order valence-electron chi connectivity index (χ4n) is 2.12. The van der Waals surface area contributed by atoms with Crippen LogP contribution in [0.2, 0.25) is 0 Å². The van der Waals surface area contributed by atoms with Crippen molar-refractivity contribution in [2.75, 3.05) is 33.1 Å². The number of carbonyl (C=O) groups excluding carboxylic acids is 1. The summed E-state index contributed by atoms with van der Waals surface area (Å²) < 4.78 is 15.8. The zero-order valence-corrected chi connectivity index (χ0v) is 13.3. The number of benzene rings is 1. The van der Waals surface area contributed by atoms with Crippen molar-refractivity contribution < 1.29 is 19.0 Å². The molecule has 0 fully saturated rings. The SMILES string of the molecule is COC(=O)CCCNCc1cc2c(cc1SC)OCCO2. The summed E-state index contributed by atoms with van der Waals surface area (Å²) in [6.07, 6.45) is 3.26. The standard InChI is InChI=1S/C15H21NO4S/c1-18-15(17)4-3-5-16-10-11-8-12-13(9-14(11)21-2)20-7-6-19-12/h8-9,16H,3-7,10H2,1-2H3. The van der Waals surface area contributed by atoms with Crippen LogP contribution >= 0.6 is 11.8 Å². The van der Waals surface area contributed by atoms with E-state index in [0.717, 1.165) is 31.0 Å². The fraction of sp³-hybridized carbons (Fsp3) is 0.533. The molecule has 0 radical (unpaired) electrons. The molecule has 0 aromatic heterocycles. The Kier molecular flexibility index (Phi) is 6.20. The summed E-state index contributed by atoms with van der Waals surface area (Å²) in [5.41, 5.74) is 1.19. The van der Waals surface area contributed by atoms with E-state index in [-0.39, 0.29) is 5.97 Å². The quantitative estimate of drug-likeness (QED) is 0.473. The first kappa shape index (κ1) is 16.0. The van der Waals surface area contributed by atoms with E-state index in [0.29, 0.717) is 19.6 Å². The van der Waals surface area contributed by atoms with Crippen LogP contribution in [0, 0.1) is 0 Å². The molecule has 6 heteroatoms. The molecule has 0 amide bonds. The van der Waals surface area contributed by atoms with Gasteiger partial charge in [0.1, 0.15) is 13.2 Å². The first-order valence-electron chi connectivity index (χ1n) is 6.98. The molecule has 0 saturated carbocycles. The molecule has 0 spiro atoms. The van der Waals surface area contributed by atoms with Gasteiger partial charge < -0.3 is 19.5 Å². The number of nitrogens with one attached hydrogen (secondary N) is 1. The lowest BCUT2D eigenvalue weighted by atomic mass is 10.2. The molecule has 0 saturated heterocycles. The largest absolute Gasteiger partial charge is 0.486 e. The molecule has 5 nitrogen and oxygen atoms in total. The van der Waals surface area contributed by atoms with Crippen molar-refractivity contribution in [2.24, 2.45) is 0 Å². The first-order chi connectivity index (χ1) is 10.2. The van der Waals surface area contributed by atoms with E-state index in [1.807, 2.05) is 18.4 Å². The highest BCUT2D eigenvalue weighted by Gasteiger charge is 2.15. The number of carbonyl (C=O) groups is 1. The molecule has 116 valence electrons. The Morgan fingerprint density at radius 2 is 2.05 bits per heavy atom. The number of fused-ring (bicyclic) bond motifs is 1. The van der Waals surface area contributed by atoms with E-state index in [1.165, 1.54) is 17.6 Å². The van der Waals surface area contributed by atoms with Crippen molar-refractivity contribution in [2.45, 2.75) is 24.3 Å². The predicted molar refractivity (Wildman–Crippen MR) is 82.2 cm³/mol. The molecule has 1 N–H and O–H groups in total. The van der Waals surface area contributed by atoms with Crippen molar-refractivity contribution in [3.63, 3.8) is 0 Å². The third-order valence-corrected chi connectivity index (χ3v) is 4.04. The van der Waals surface area contributed by atoms with Gasteiger partial charge in [0.05, 0.1) is 7.11 Å². The molecule has 1 aliphatic rings. The minimum atomic E-state index is -0.166. The van der Waals surface area contributed by atoms with Gasteiger partial charge in [0.25, 0.3) is 0 Å². The average Bonchev–Trinajstić information content (AvgIpc) is 2.53. The van der Waals surface area contributed by atoms with Crippen LogP contribution in [0.15, 0.2) is 17.0 Å². The number of ether oxygens (including phenoxy) is 3. The maximum atomic E-state index is 11.0. The number of thioether (sulfide) groups is 1. The summed E-state index contributed by atoms with van der Waals surface area (Å²) in [6, 6.07) is 4.07. The summed E-state index contributed by atoms with van der Waals surface area (Å²) in [6.45, 7) is 2.72. The number of hydrogen-bond acceptors (Lipinski definition) is 6. The van der Waals surface area contributed by atoms with Crippen LogP contribution in [0.1, 0.15) is 18.4 Å². The lowest BCUT2D eigenvalue weighted by Gasteiger charge is -2.21. The molecular formula is C15H21NO4S. The third-order valence-electron chi connectivity index (χ3n) is 3.22. The smallest absolute Gasteiger partial charge is 0.305 e. The minimum absolute atomic E-state index is 0.166. The number of esters is 1. The maximum Gasteiger partial charge on any atom is 0.305 e. The number of methoxy groups -OCH3 is 1. The van der Waals surface area contributed by atoms with Crippen LogP contribution in [0.25, 0.3) is 0 Å². The van der Waals surface area contributed by atoms with Crippen LogP contribution in [0.3, 0.4) is 0 Å².